The lowest BCUT2D eigenvalue weighted by molar-refractivity contribution is -0.122. The van der Waals surface area contributed by atoms with E-state index in [-0.39, 0.29) is 16.9 Å². The van der Waals surface area contributed by atoms with E-state index in [0.29, 0.717) is 40.5 Å². The van der Waals surface area contributed by atoms with Crippen molar-refractivity contribution in [3.8, 4) is 17.2 Å². The number of rotatable bonds is 11. The Kier molecular flexibility index (Phi) is 9.92. The van der Waals surface area contributed by atoms with Gasteiger partial charge >= 0.3 is 6.03 Å². The Hall–Kier alpha value is -4.71. The molecule has 0 aromatic heterocycles. The van der Waals surface area contributed by atoms with Gasteiger partial charge in [0.05, 0.1) is 29.1 Å². The van der Waals surface area contributed by atoms with Gasteiger partial charge in [-0.3, -0.25) is 19.7 Å². The van der Waals surface area contributed by atoms with Gasteiger partial charge in [-0.2, -0.15) is 0 Å². The molecule has 0 saturated carbocycles. The first-order valence-electron chi connectivity index (χ1n) is 13.0. The van der Waals surface area contributed by atoms with Gasteiger partial charge in [0, 0.05) is 6.07 Å². The Bertz CT molecular complexity index is 1560. The SMILES string of the molecule is CCCOc1ccc(N2C(=O)NC(=O)/C(=C\c3ccc(OCC(=O)Nc4ccccc4F)c(Br)c3)C2=O)cc1OCC. The van der Waals surface area contributed by atoms with E-state index in [4.69, 9.17) is 14.2 Å². The van der Waals surface area contributed by atoms with E-state index in [1.54, 1.807) is 31.2 Å². The van der Waals surface area contributed by atoms with Gasteiger partial charge in [-0.25, -0.2) is 14.1 Å². The minimum absolute atomic E-state index is 0.0324. The van der Waals surface area contributed by atoms with Crippen LogP contribution in [0.1, 0.15) is 25.8 Å². The maximum absolute atomic E-state index is 13.8. The Balaban J connectivity index is 1.51. The second kappa shape index (κ2) is 13.8. The molecule has 1 aliphatic rings. The summed E-state index contributed by atoms with van der Waals surface area (Å²) in [4.78, 5) is 51.8. The number of anilines is 2. The van der Waals surface area contributed by atoms with E-state index in [9.17, 15) is 23.6 Å². The highest BCUT2D eigenvalue weighted by atomic mass is 79.9. The molecule has 0 atom stereocenters. The molecule has 1 aliphatic heterocycles. The standard InChI is InChI=1S/C30H27BrFN3O7/c1-3-13-41-25-12-10-19(16-26(25)40-4-2)35-29(38)20(28(37)34-30(35)39)14-18-9-11-24(21(31)15-18)42-17-27(36)33-23-8-6-5-7-22(23)32/h5-12,14-16H,3-4,13,17H2,1-2H3,(H,33,36)(H,34,37,39)/b20-14+. The van der Waals surface area contributed by atoms with Crippen LogP contribution in [0.2, 0.25) is 0 Å². The molecule has 218 valence electrons. The van der Waals surface area contributed by atoms with Crippen LogP contribution in [0.5, 0.6) is 17.2 Å². The van der Waals surface area contributed by atoms with Crippen LogP contribution in [0.4, 0.5) is 20.6 Å². The molecule has 4 rings (SSSR count). The van der Waals surface area contributed by atoms with E-state index in [1.165, 1.54) is 42.5 Å². The fraction of sp³-hybridized carbons (Fsp3) is 0.200. The van der Waals surface area contributed by atoms with Crippen molar-refractivity contribution in [2.24, 2.45) is 0 Å². The van der Waals surface area contributed by atoms with Crippen LogP contribution in [-0.2, 0) is 14.4 Å². The molecule has 10 nitrogen and oxygen atoms in total. The number of carbonyl (C=O) groups is 4. The van der Waals surface area contributed by atoms with Crippen molar-refractivity contribution in [1.29, 1.82) is 0 Å². The zero-order chi connectivity index (χ0) is 30.2. The van der Waals surface area contributed by atoms with Crippen LogP contribution >= 0.6 is 15.9 Å². The molecule has 2 N–H and O–H groups in total. The molecule has 1 heterocycles. The lowest BCUT2D eigenvalue weighted by Crippen LogP contribution is -2.54. The Labute approximate surface area is 249 Å². The molecule has 12 heteroatoms. The van der Waals surface area contributed by atoms with E-state index in [0.717, 1.165) is 11.3 Å². The zero-order valence-corrected chi connectivity index (χ0v) is 24.3. The summed E-state index contributed by atoms with van der Waals surface area (Å²) in [5.74, 6) is -1.69. The van der Waals surface area contributed by atoms with E-state index >= 15 is 0 Å². The highest BCUT2D eigenvalue weighted by Crippen LogP contribution is 2.34. The number of imide groups is 2. The van der Waals surface area contributed by atoms with Crippen LogP contribution in [0.15, 0.2) is 70.7 Å². The average Bonchev–Trinajstić information content (AvgIpc) is 2.95. The minimum atomic E-state index is -0.898. The summed E-state index contributed by atoms with van der Waals surface area (Å²) in [5.41, 5.74) is 0.395. The fourth-order valence-corrected chi connectivity index (χ4v) is 4.42. The predicted octanol–water partition coefficient (Wildman–Crippen LogP) is 5.46. The summed E-state index contributed by atoms with van der Waals surface area (Å²) < 4.78 is 31.0. The third kappa shape index (κ3) is 7.13. The molecule has 0 spiro atoms. The molecule has 5 amide bonds. The summed E-state index contributed by atoms with van der Waals surface area (Å²) in [6.07, 6.45) is 2.11. The normalized spacial score (nSPS) is 14.0. The zero-order valence-electron chi connectivity index (χ0n) is 22.7. The first kappa shape index (κ1) is 30.3. The lowest BCUT2D eigenvalue weighted by Gasteiger charge is -2.27. The summed E-state index contributed by atoms with van der Waals surface area (Å²) >= 11 is 3.35. The fourth-order valence-electron chi connectivity index (χ4n) is 3.91. The van der Waals surface area contributed by atoms with Crippen molar-refractivity contribution in [1.82, 2.24) is 5.32 Å². The van der Waals surface area contributed by atoms with Crippen LogP contribution < -0.4 is 29.7 Å². The van der Waals surface area contributed by atoms with Crippen LogP contribution in [0.25, 0.3) is 6.08 Å². The van der Waals surface area contributed by atoms with Gasteiger partial charge in [-0.15, -0.1) is 0 Å². The summed E-state index contributed by atoms with van der Waals surface area (Å²) in [5, 5.41) is 4.62. The summed E-state index contributed by atoms with van der Waals surface area (Å²) in [7, 11) is 0. The Morgan fingerprint density at radius 3 is 2.45 bits per heavy atom. The smallest absolute Gasteiger partial charge is 0.335 e. The maximum Gasteiger partial charge on any atom is 0.335 e. The van der Waals surface area contributed by atoms with Crippen LogP contribution in [0.3, 0.4) is 0 Å². The summed E-state index contributed by atoms with van der Waals surface area (Å²) in [6.45, 7) is 4.16. The number of ether oxygens (including phenoxy) is 3. The molecule has 1 saturated heterocycles. The van der Waals surface area contributed by atoms with Gasteiger partial charge in [0.25, 0.3) is 17.7 Å². The number of hydrogen-bond donors (Lipinski definition) is 2. The number of benzene rings is 3. The van der Waals surface area contributed by atoms with Crippen LogP contribution in [-0.4, -0.2) is 43.6 Å². The van der Waals surface area contributed by atoms with Crippen molar-refractivity contribution in [3.05, 3.63) is 82.1 Å². The van der Waals surface area contributed by atoms with E-state index < -0.39 is 36.2 Å². The van der Waals surface area contributed by atoms with Crippen molar-refractivity contribution >= 4 is 57.1 Å². The van der Waals surface area contributed by atoms with Crippen molar-refractivity contribution in [2.75, 3.05) is 30.0 Å². The van der Waals surface area contributed by atoms with Crippen LogP contribution in [0, 0.1) is 5.82 Å². The Morgan fingerprint density at radius 2 is 1.74 bits per heavy atom. The molecule has 3 aromatic carbocycles. The number of nitrogens with zero attached hydrogens (tertiary/aromatic N) is 1. The lowest BCUT2D eigenvalue weighted by atomic mass is 10.1. The molecular weight excluding hydrogens is 613 g/mol. The van der Waals surface area contributed by atoms with Gasteiger partial charge in [0.1, 0.15) is 17.1 Å². The van der Waals surface area contributed by atoms with Gasteiger partial charge in [-0.1, -0.05) is 25.1 Å². The molecule has 1 fully saturated rings. The second-order valence-electron chi connectivity index (χ2n) is 8.88. The Morgan fingerprint density at radius 1 is 0.976 bits per heavy atom. The maximum atomic E-state index is 13.8. The predicted molar refractivity (Wildman–Crippen MR) is 157 cm³/mol. The molecule has 0 bridgehead atoms. The quantitative estimate of drug-likeness (QED) is 0.211. The largest absolute Gasteiger partial charge is 0.490 e. The number of barbiturate groups is 1. The van der Waals surface area contributed by atoms with Gasteiger partial charge in [0.2, 0.25) is 0 Å². The molecule has 3 aromatic rings. The number of halogens is 2. The second-order valence-corrected chi connectivity index (χ2v) is 9.73. The van der Waals surface area contributed by atoms with Gasteiger partial charge < -0.3 is 19.5 Å². The number of urea groups is 1. The van der Waals surface area contributed by atoms with Crippen molar-refractivity contribution in [2.45, 2.75) is 20.3 Å². The number of nitrogens with one attached hydrogen (secondary N) is 2. The summed E-state index contributed by atoms with van der Waals surface area (Å²) in [6, 6.07) is 14.2. The molecule has 0 unspecified atom stereocenters. The average molecular weight is 640 g/mol. The first-order valence-corrected chi connectivity index (χ1v) is 13.8. The van der Waals surface area contributed by atoms with E-state index in [1.807, 2.05) is 6.92 Å². The van der Waals surface area contributed by atoms with Crippen molar-refractivity contribution < 1.29 is 37.8 Å². The van der Waals surface area contributed by atoms with Gasteiger partial charge in [-0.05, 0) is 77.3 Å². The van der Waals surface area contributed by atoms with Crippen molar-refractivity contribution in [3.63, 3.8) is 0 Å². The molecular formula is C30H27BrFN3O7. The first-order chi connectivity index (χ1) is 20.2. The molecule has 0 radical (unpaired) electrons. The molecule has 42 heavy (non-hydrogen) atoms. The number of para-hydroxylation sites is 1. The van der Waals surface area contributed by atoms with Gasteiger partial charge in [0.15, 0.2) is 18.1 Å². The van der Waals surface area contributed by atoms with E-state index in [2.05, 4.69) is 26.6 Å². The minimum Gasteiger partial charge on any atom is -0.490 e. The highest BCUT2D eigenvalue weighted by molar-refractivity contribution is 9.10. The number of amides is 5. The number of hydrogen-bond acceptors (Lipinski definition) is 7. The monoisotopic (exact) mass is 639 g/mol. The third-order valence-corrected chi connectivity index (χ3v) is 6.44. The molecule has 0 aliphatic carbocycles. The number of carbonyl (C=O) groups excluding carboxylic acids is 4. The third-order valence-electron chi connectivity index (χ3n) is 5.82. The topological polar surface area (TPSA) is 123 Å². The highest BCUT2D eigenvalue weighted by Gasteiger charge is 2.37.